The molecule has 4 aromatic rings. The Kier molecular flexibility index (Phi) is 7.74. The minimum atomic E-state index is -0.986. The molecule has 2 atom stereocenters. The number of carbonyl (C=O) groups excluding carboxylic acids is 2. The molecule has 3 aromatic carbocycles. The van der Waals surface area contributed by atoms with E-state index in [0.717, 1.165) is 29.5 Å². The summed E-state index contributed by atoms with van der Waals surface area (Å²) in [6, 6.07) is 19.9. The predicted octanol–water partition coefficient (Wildman–Crippen LogP) is 3.94. The standard InChI is InChI=1S/C29H30FN5O3/c1-20-8-10-21(11-9-20)18-34(27(36)19-35-26-7-3-2-6-25(26)32-33-35)28(22-12-14-23(30)15-13-22)29(37)31-17-24-5-4-16-38-24/h2-3,6-15,24,28H,4-5,16-19H2,1H3,(H,31,37)/t24-,28-/m0/s1. The van der Waals surface area contributed by atoms with Crippen LogP contribution >= 0.6 is 0 Å². The van der Waals surface area contributed by atoms with E-state index in [1.807, 2.05) is 55.5 Å². The lowest BCUT2D eigenvalue weighted by molar-refractivity contribution is -0.142. The van der Waals surface area contributed by atoms with Gasteiger partial charge in [0.05, 0.1) is 11.6 Å². The van der Waals surface area contributed by atoms with Crippen LogP contribution in [0.3, 0.4) is 0 Å². The summed E-state index contributed by atoms with van der Waals surface area (Å²) >= 11 is 0. The highest BCUT2D eigenvalue weighted by molar-refractivity contribution is 5.89. The number of aryl methyl sites for hydroxylation is 1. The zero-order valence-electron chi connectivity index (χ0n) is 21.2. The minimum absolute atomic E-state index is 0.0596. The molecule has 0 radical (unpaired) electrons. The number of para-hydroxylation sites is 1. The molecule has 8 nitrogen and oxygen atoms in total. The van der Waals surface area contributed by atoms with Crippen molar-refractivity contribution in [3.63, 3.8) is 0 Å². The number of nitrogens with zero attached hydrogens (tertiary/aromatic N) is 4. The third kappa shape index (κ3) is 5.89. The van der Waals surface area contributed by atoms with Crippen LogP contribution in [-0.2, 0) is 27.4 Å². The van der Waals surface area contributed by atoms with Crippen LogP contribution in [-0.4, -0.2) is 51.0 Å². The fourth-order valence-electron chi connectivity index (χ4n) is 4.70. The number of nitrogens with one attached hydrogen (secondary N) is 1. The molecule has 196 valence electrons. The molecule has 2 heterocycles. The first-order valence-electron chi connectivity index (χ1n) is 12.8. The van der Waals surface area contributed by atoms with E-state index in [1.54, 1.807) is 12.1 Å². The lowest BCUT2D eigenvalue weighted by atomic mass is 10.0. The Balaban J connectivity index is 1.49. The molecule has 0 bridgehead atoms. The Hall–Kier alpha value is -4.11. The third-order valence-corrected chi connectivity index (χ3v) is 6.77. The molecule has 2 amide bonds. The molecule has 1 saturated heterocycles. The smallest absolute Gasteiger partial charge is 0.247 e. The molecule has 0 aliphatic carbocycles. The number of benzene rings is 3. The van der Waals surface area contributed by atoms with Crippen LogP contribution in [0.25, 0.3) is 11.0 Å². The number of hydrogen-bond donors (Lipinski definition) is 1. The number of ether oxygens (including phenoxy) is 1. The number of fused-ring (bicyclic) bond motifs is 1. The molecule has 9 heteroatoms. The maximum atomic E-state index is 13.9. The van der Waals surface area contributed by atoms with Crippen molar-refractivity contribution in [1.82, 2.24) is 25.2 Å². The van der Waals surface area contributed by atoms with Gasteiger partial charge in [-0.25, -0.2) is 9.07 Å². The van der Waals surface area contributed by atoms with Crippen LogP contribution in [0.5, 0.6) is 0 Å². The Labute approximate surface area is 220 Å². The van der Waals surface area contributed by atoms with Crippen molar-refractivity contribution in [2.24, 2.45) is 0 Å². The van der Waals surface area contributed by atoms with Crippen molar-refractivity contribution < 1.29 is 18.7 Å². The summed E-state index contributed by atoms with van der Waals surface area (Å²) in [5.74, 6) is -1.09. The second-order valence-corrected chi connectivity index (χ2v) is 9.58. The van der Waals surface area contributed by atoms with Crippen LogP contribution in [0, 0.1) is 12.7 Å². The third-order valence-electron chi connectivity index (χ3n) is 6.77. The van der Waals surface area contributed by atoms with Gasteiger partial charge in [0.15, 0.2) is 0 Å². The summed E-state index contributed by atoms with van der Waals surface area (Å²) < 4.78 is 21.0. The average molecular weight is 516 g/mol. The number of amides is 2. The molecule has 0 unspecified atom stereocenters. The van der Waals surface area contributed by atoms with Gasteiger partial charge in [0.1, 0.15) is 23.9 Å². The molecule has 1 aromatic heterocycles. The van der Waals surface area contributed by atoms with Crippen molar-refractivity contribution in [3.05, 3.63) is 95.3 Å². The fourth-order valence-corrected chi connectivity index (χ4v) is 4.70. The Morgan fingerprint density at radius 1 is 1.11 bits per heavy atom. The summed E-state index contributed by atoms with van der Waals surface area (Å²) in [7, 11) is 0. The van der Waals surface area contributed by atoms with Gasteiger partial charge in [0.25, 0.3) is 0 Å². The molecule has 38 heavy (non-hydrogen) atoms. The second-order valence-electron chi connectivity index (χ2n) is 9.58. The van der Waals surface area contributed by atoms with Crippen LogP contribution in [0.2, 0.25) is 0 Å². The van der Waals surface area contributed by atoms with Gasteiger partial charge in [0.2, 0.25) is 11.8 Å². The average Bonchev–Trinajstić information content (AvgIpc) is 3.60. The Bertz CT molecular complexity index is 1400. The molecular formula is C29H30FN5O3. The van der Waals surface area contributed by atoms with E-state index >= 15 is 0 Å². The van der Waals surface area contributed by atoms with E-state index < -0.39 is 11.9 Å². The van der Waals surface area contributed by atoms with Gasteiger partial charge in [-0.2, -0.15) is 0 Å². The summed E-state index contributed by atoms with van der Waals surface area (Å²) in [6.45, 7) is 3.08. The number of hydrogen-bond acceptors (Lipinski definition) is 5. The van der Waals surface area contributed by atoms with Crippen LogP contribution in [0.1, 0.15) is 35.6 Å². The van der Waals surface area contributed by atoms with Crippen molar-refractivity contribution >= 4 is 22.8 Å². The van der Waals surface area contributed by atoms with Crippen LogP contribution < -0.4 is 5.32 Å². The highest BCUT2D eigenvalue weighted by atomic mass is 19.1. The van der Waals surface area contributed by atoms with Gasteiger partial charge in [-0.15, -0.1) is 5.10 Å². The zero-order chi connectivity index (χ0) is 26.5. The highest BCUT2D eigenvalue weighted by Crippen LogP contribution is 2.26. The first-order chi connectivity index (χ1) is 18.5. The van der Waals surface area contributed by atoms with Crippen molar-refractivity contribution in [2.75, 3.05) is 13.2 Å². The normalized spacial score (nSPS) is 15.9. The van der Waals surface area contributed by atoms with E-state index in [-0.39, 0.29) is 31.0 Å². The van der Waals surface area contributed by atoms with Gasteiger partial charge in [0, 0.05) is 19.7 Å². The summed E-state index contributed by atoms with van der Waals surface area (Å²) in [5, 5.41) is 11.3. The molecule has 0 spiro atoms. The predicted molar refractivity (Wildman–Crippen MR) is 140 cm³/mol. The van der Waals surface area contributed by atoms with Crippen LogP contribution in [0.4, 0.5) is 4.39 Å². The molecule has 5 rings (SSSR count). The number of halogens is 1. The van der Waals surface area contributed by atoms with E-state index in [1.165, 1.54) is 21.7 Å². The van der Waals surface area contributed by atoms with E-state index in [9.17, 15) is 14.0 Å². The molecular weight excluding hydrogens is 485 g/mol. The van der Waals surface area contributed by atoms with E-state index in [4.69, 9.17) is 4.74 Å². The fraction of sp³-hybridized carbons (Fsp3) is 0.310. The molecule has 1 N–H and O–H groups in total. The van der Waals surface area contributed by atoms with Gasteiger partial charge in [-0.3, -0.25) is 9.59 Å². The number of carbonyl (C=O) groups is 2. The molecule has 1 fully saturated rings. The number of rotatable bonds is 9. The molecule has 1 aliphatic heterocycles. The summed E-state index contributed by atoms with van der Waals surface area (Å²) in [4.78, 5) is 29.2. The van der Waals surface area contributed by atoms with Gasteiger partial charge >= 0.3 is 0 Å². The zero-order valence-corrected chi connectivity index (χ0v) is 21.2. The topological polar surface area (TPSA) is 89.4 Å². The highest BCUT2D eigenvalue weighted by Gasteiger charge is 2.33. The SMILES string of the molecule is Cc1ccc(CN(C(=O)Cn2nnc3ccccc32)[C@H](C(=O)NC[C@@H]2CCCO2)c2ccc(F)cc2)cc1. The summed E-state index contributed by atoms with van der Waals surface area (Å²) in [6.07, 6.45) is 1.76. The Morgan fingerprint density at radius 3 is 2.61 bits per heavy atom. The van der Waals surface area contributed by atoms with Gasteiger partial charge < -0.3 is 15.0 Å². The monoisotopic (exact) mass is 515 g/mol. The first kappa shape index (κ1) is 25.5. The van der Waals surface area contributed by atoms with Crippen LogP contribution in [0.15, 0.2) is 72.8 Å². The summed E-state index contributed by atoms with van der Waals surface area (Å²) in [5.41, 5.74) is 3.86. The van der Waals surface area contributed by atoms with Crippen molar-refractivity contribution in [1.29, 1.82) is 0 Å². The molecule has 0 saturated carbocycles. The molecule has 1 aliphatic rings. The maximum absolute atomic E-state index is 13.9. The minimum Gasteiger partial charge on any atom is -0.376 e. The quantitative estimate of drug-likeness (QED) is 0.365. The number of aromatic nitrogens is 3. The van der Waals surface area contributed by atoms with E-state index in [0.29, 0.717) is 24.2 Å². The van der Waals surface area contributed by atoms with Gasteiger partial charge in [-0.1, -0.05) is 59.3 Å². The first-order valence-corrected chi connectivity index (χ1v) is 12.8. The van der Waals surface area contributed by atoms with Crippen molar-refractivity contribution in [2.45, 2.75) is 45.0 Å². The maximum Gasteiger partial charge on any atom is 0.247 e. The second kappa shape index (κ2) is 11.5. The lowest BCUT2D eigenvalue weighted by Crippen LogP contribution is -2.46. The largest absolute Gasteiger partial charge is 0.376 e. The van der Waals surface area contributed by atoms with Gasteiger partial charge in [-0.05, 0) is 55.2 Å². The lowest BCUT2D eigenvalue weighted by Gasteiger charge is -2.32. The van der Waals surface area contributed by atoms with Crippen molar-refractivity contribution in [3.8, 4) is 0 Å². The Morgan fingerprint density at radius 2 is 1.87 bits per heavy atom. The van der Waals surface area contributed by atoms with E-state index in [2.05, 4.69) is 15.6 Å².